The van der Waals surface area contributed by atoms with E-state index >= 15 is 0 Å². The summed E-state index contributed by atoms with van der Waals surface area (Å²) in [5, 5.41) is 4.04. The molecule has 0 spiro atoms. The molecule has 5 nitrogen and oxygen atoms in total. The molecule has 3 rings (SSSR count). The molecule has 25 heavy (non-hydrogen) atoms. The van der Waals surface area contributed by atoms with E-state index in [1.807, 2.05) is 0 Å². The minimum absolute atomic E-state index is 0.0179. The fourth-order valence-electron chi connectivity index (χ4n) is 2.75. The number of carbonyl (C=O) groups is 1. The molecule has 2 aromatic rings. The van der Waals surface area contributed by atoms with E-state index in [0.29, 0.717) is 17.7 Å². The quantitative estimate of drug-likeness (QED) is 0.641. The van der Waals surface area contributed by atoms with Crippen LogP contribution in [0.4, 0.5) is 0 Å². The Morgan fingerprint density at radius 3 is 2.64 bits per heavy atom. The minimum atomic E-state index is -3.40. The van der Waals surface area contributed by atoms with E-state index < -0.39 is 9.84 Å². The third-order valence-corrected chi connectivity index (χ3v) is 6.71. The van der Waals surface area contributed by atoms with Crippen LogP contribution in [0.25, 0.3) is 0 Å². The number of ketones is 1. The van der Waals surface area contributed by atoms with Gasteiger partial charge in [-0.25, -0.2) is 8.42 Å². The van der Waals surface area contributed by atoms with Gasteiger partial charge in [-0.3, -0.25) is 4.79 Å². The molecule has 0 saturated heterocycles. The van der Waals surface area contributed by atoms with Crippen LogP contribution in [0.1, 0.15) is 59.3 Å². The van der Waals surface area contributed by atoms with Crippen LogP contribution in [0, 0.1) is 0 Å². The number of carbonyl (C=O) groups excluding carboxylic acids is 1. The van der Waals surface area contributed by atoms with Crippen molar-refractivity contribution in [2.75, 3.05) is 5.75 Å². The minimum Gasteiger partial charge on any atom is -0.360 e. The van der Waals surface area contributed by atoms with E-state index in [0.717, 1.165) is 12.8 Å². The first-order valence-electron chi connectivity index (χ1n) is 8.00. The van der Waals surface area contributed by atoms with E-state index in [9.17, 15) is 13.2 Å². The molecule has 0 aliphatic heterocycles. The highest BCUT2D eigenvalue weighted by Crippen LogP contribution is 2.42. The molecule has 1 aromatic heterocycles. The van der Waals surface area contributed by atoms with Gasteiger partial charge in [0.05, 0.1) is 33.3 Å². The lowest BCUT2D eigenvalue weighted by atomic mass is 9.98. The van der Waals surface area contributed by atoms with Gasteiger partial charge in [0.25, 0.3) is 0 Å². The van der Waals surface area contributed by atoms with Gasteiger partial charge < -0.3 is 4.52 Å². The van der Waals surface area contributed by atoms with Crippen LogP contribution in [-0.4, -0.2) is 25.1 Å². The van der Waals surface area contributed by atoms with Crippen LogP contribution in [0.2, 0.25) is 10.0 Å². The maximum atomic E-state index is 13.0. The second-order valence-electron chi connectivity index (χ2n) is 6.19. The second kappa shape index (κ2) is 7.09. The van der Waals surface area contributed by atoms with Crippen molar-refractivity contribution in [1.29, 1.82) is 0 Å². The molecule has 1 fully saturated rings. The van der Waals surface area contributed by atoms with Crippen molar-refractivity contribution in [3.05, 3.63) is 50.8 Å². The SMILES string of the molecule is CCCS(=O)(=O)Cc1c(C(=O)c2cnoc2C2CC2)ccc(Cl)c1Cl. The lowest BCUT2D eigenvalue weighted by molar-refractivity contribution is 0.103. The third-order valence-electron chi connectivity index (χ3n) is 4.11. The zero-order valence-corrected chi connectivity index (χ0v) is 15.9. The van der Waals surface area contributed by atoms with E-state index in [1.54, 1.807) is 6.92 Å². The summed E-state index contributed by atoms with van der Waals surface area (Å²) in [6, 6.07) is 3.01. The number of rotatable bonds is 7. The molecule has 0 N–H and O–H groups in total. The molecule has 0 atom stereocenters. The first-order valence-corrected chi connectivity index (χ1v) is 10.6. The fourth-order valence-corrected chi connectivity index (χ4v) is 4.75. The largest absolute Gasteiger partial charge is 0.360 e. The summed E-state index contributed by atoms with van der Waals surface area (Å²) in [5.74, 6) is 0.105. The molecule has 0 radical (unpaired) electrons. The normalized spacial score (nSPS) is 14.7. The van der Waals surface area contributed by atoms with Gasteiger partial charge in [0, 0.05) is 11.5 Å². The summed E-state index contributed by atoms with van der Waals surface area (Å²) in [6.45, 7) is 1.78. The Morgan fingerprint density at radius 1 is 1.28 bits per heavy atom. The Hall–Kier alpha value is -1.37. The molecule has 1 heterocycles. The molecule has 0 amide bonds. The number of hydrogen-bond acceptors (Lipinski definition) is 5. The van der Waals surface area contributed by atoms with E-state index in [2.05, 4.69) is 5.16 Å². The van der Waals surface area contributed by atoms with Crippen molar-refractivity contribution in [2.24, 2.45) is 0 Å². The molecule has 0 bridgehead atoms. The van der Waals surface area contributed by atoms with E-state index in [-0.39, 0.29) is 44.4 Å². The number of aromatic nitrogens is 1. The Morgan fingerprint density at radius 2 is 2.00 bits per heavy atom. The zero-order valence-electron chi connectivity index (χ0n) is 13.6. The Kier molecular flexibility index (Phi) is 5.23. The van der Waals surface area contributed by atoms with Gasteiger partial charge in [-0.05, 0) is 37.0 Å². The van der Waals surface area contributed by atoms with Crippen molar-refractivity contribution in [3.63, 3.8) is 0 Å². The molecule has 0 unspecified atom stereocenters. The number of halogens is 2. The number of nitrogens with zero attached hydrogens (tertiary/aromatic N) is 1. The lowest BCUT2D eigenvalue weighted by Crippen LogP contribution is -2.14. The fraction of sp³-hybridized carbons (Fsp3) is 0.412. The topological polar surface area (TPSA) is 77.2 Å². The van der Waals surface area contributed by atoms with Crippen LogP contribution in [0.3, 0.4) is 0 Å². The van der Waals surface area contributed by atoms with Crippen molar-refractivity contribution in [3.8, 4) is 0 Å². The standard InChI is InChI=1S/C17H17Cl2NO4S/c1-2-7-25(22,23)9-13-11(5-6-14(18)15(13)19)16(21)12-8-20-24-17(12)10-3-4-10/h5-6,8,10H,2-4,7,9H2,1H3. The number of benzene rings is 1. The van der Waals surface area contributed by atoms with Crippen LogP contribution in [0.5, 0.6) is 0 Å². The average molecular weight is 402 g/mol. The van der Waals surface area contributed by atoms with Gasteiger partial charge >= 0.3 is 0 Å². The predicted octanol–water partition coefficient (Wildman–Crippen LogP) is 4.41. The van der Waals surface area contributed by atoms with Gasteiger partial charge in [-0.15, -0.1) is 0 Å². The summed E-state index contributed by atoms with van der Waals surface area (Å²) < 4.78 is 29.7. The summed E-state index contributed by atoms with van der Waals surface area (Å²) in [6.07, 6.45) is 3.77. The smallest absolute Gasteiger partial charge is 0.198 e. The number of sulfone groups is 1. The van der Waals surface area contributed by atoms with Crippen LogP contribution in [0.15, 0.2) is 22.9 Å². The monoisotopic (exact) mass is 401 g/mol. The van der Waals surface area contributed by atoms with Crippen LogP contribution in [-0.2, 0) is 15.6 Å². The van der Waals surface area contributed by atoms with E-state index in [1.165, 1.54) is 18.3 Å². The third kappa shape index (κ3) is 3.91. The first kappa shape index (κ1) is 18.4. The zero-order chi connectivity index (χ0) is 18.2. The van der Waals surface area contributed by atoms with Crippen molar-refractivity contribution >= 4 is 38.8 Å². The second-order valence-corrected chi connectivity index (χ2v) is 9.16. The molecule has 1 saturated carbocycles. The van der Waals surface area contributed by atoms with E-state index in [4.69, 9.17) is 27.7 Å². The summed E-state index contributed by atoms with van der Waals surface area (Å²) >= 11 is 12.3. The molecule has 1 aromatic carbocycles. The predicted molar refractivity (Wildman–Crippen MR) is 96.2 cm³/mol. The summed E-state index contributed by atoms with van der Waals surface area (Å²) in [7, 11) is -3.40. The maximum Gasteiger partial charge on any atom is 0.198 e. The first-order chi connectivity index (χ1) is 11.8. The van der Waals surface area contributed by atoms with Gasteiger partial charge in [0.15, 0.2) is 21.4 Å². The highest BCUT2D eigenvalue weighted by atomic mass is 35.5. The summed E-state index contributed by atoms with van der Waals surface area (Å²) in [5.41, 5.74) is 0.810. The van der Waals surface area contributed by atoms with Crippen LogP contribution >= 0.6 is 23.2 Å². The van der Waals surface area contributed by atoms with Crippen molar-refractivity contribution in [2.45, 2.75) is 37.9 Å². The average Bonchev–Trinajstić information content (AvgIpc) is 3.28. The molecular formula is C17H17Cl2NO4S. The van der Waals surface area contributed by atoms with Crippen LogP contribution < -0.4 is 0 Å². The Labute approximate surface area is 156 Å². The highest BCUT2D eigenvalue weighted by Gasteiger charge is 2.33. The van der Waals surface area contributed by atoms with Gasteiger partial charge in [-0.1, -0.05) is 35.3 Å². The molecule has 1 aliphatic rings. The Balaban J connectivity index is 2.05. The lowest BCUT2D eigenvalue weighted by Gasteiger charge is -2.12. The molecule has 134 valence electrons. The van der Waals surface area contributed by atoms with Crippen molar-refractivity contribution < 1.29 is 17.7 Å². The van der Waals surface area contributed by atoms with Crippen molar-refractivity contribution in [1.82, 2.24) is 5.16 Å². The van der Waals surface area contributed by atoms with Gasteiger partial charge in [0.2, 0.25) is 0 Å². The van der Waals surface area contributed by atoms with Gasteiger partial charge in [-0.2, -0.15) is 0 Å². The van der Waals surface area contributed by atoms with Gasteiger partial charge in [0.1, 0.15) is 0 Å². The molecule has 1 aliphatic carbocycles. The Bertz CT molecular complexity index is 917. The highest BCUT2D eigenvalue weighted by molar-refractivity contribution is 7.90. The maximum absolute atomic E-state index is 13.0. The molecule has 8 heteroatoms. The summed E-state index contributed by atoms with van der Waals surface area (Å²) in [4.78, 5) is 13.0. The molecular weight excluding hydrogens is 385 g/mol. The number of hydrogen-bond donors (Lipinski definition) is 0.